The molecule has 0 aromatic carbocycles. The second-order valence-corrected chi connectivity index (χ2v) is 5.06. The van der Waals surface area contributed by atoms with Crippen molar-refractivity contribution in [3.63, 3.8) is 0 Å². The van der Waals surface area contributed by atoms with E-state index in [0.29, 0.717) is 24.1 Å². The second kappa shape index (κ2) is 4.13. The number of fused-ring (bicyclic) bond motifs is 2. The molecule has 5 nitrogen and oxygen atoms in total. The molecule has 17 heavy (non-hydrogen) atoms. The zero-order valence-electron chi connectivity index (χ0n) is 9.98. The van der Waals surface area contributed by atoms with Gasteiger partial charge in [-0.05, 0) is 38.0 Å². The lowest BCUT2D eigenvalue weighted by atomic mass is 9.85. The molecule has 2 aliphatic rings. The monoisotopic (exact) mass is 235 g/mol. The van der Waals surface area contributed by atoms with Crippen LogP contribution in [0.4, 0.5) is 0 Å². The molecular weight excluding hydrogens is 218 g/mol. The van der Waals surface area contributed by atoms with Crippen LogP contribution in [-0.4, -0.2) is 28.0 Å². The van der Waals surface area contributed by atoms with Crippen LogP contribution in [0.2, 0.25) is 0 Å². The summed E-state index contributed by atoms with van der Waals surface area (Å²) in [7, 11) is 0. The average molecular weight is 235 g/mol. The summed E-state index contributed by atoms with van der Waals surface area (Å²) in [6.07, 6.45) is 5.06. The van der Waals surface area contributed by atoms with Crippen LogP contribution in [0.15, 0.2) is 0 Å². The summed E-state index contributed by atoms with van der Waals surface area (Å²) in [6.45, 7) is 2.18. The van der Waals surface area contributed by atoms with Crippen LogP contribution in [0.3, 0.4) is 0 Å². The molecule has 0 spiro atoms. The van der Waals surface area contributed by atoms with E-state index in [-0.39, 0.29) is 5.97 Å². The summed E-state index contributed by atoms with van der Waals surface area (Å²) >= 11 is 0. The summed E-state index contributed by atoms with van der Waals surface area (Å²) < 4.78 is 5.01. The van der Waals surface area contributed by atoms with E-state index in [1.54, 1.807) is 6.92 Å². The minimum absolute atomic E-state index is 0.348. The van der Waals surface area contributed by atoms with Gasteiger partial charge in [0.2, 0.25) is 0 Å². The van der Waals surface area contributed by atoms with E-state index < -0.39 is 0 Å². The number of aromatic nitrogens is 3. The highest BCUT2D eigenvalue weighted by Crippen LogP contribution is 2.52. The van der Waals surface area contributed by atoms with Crippen molar-refractivity contribution in [2.75, 3.05) is 6.61 Å². The van der Waals surface area contributed by atoms with E-state index in [9.17, 15) is 4.79 Å². The van der Waals surface area contributed by atoms with E-state index in [1.807, 2.05) is 0 Å². The standard InChI is InChI=1S/C12H17N3O2/c1-2-17-12(16)11-10(13-15-14-11)9-6-7-3-4-8(9)5-7/h7-9H,2-6H2,1H3,(H,13,14,15). The van der Waals surface area contributed by atoms with Crippen molar-refractivity contribution in [2.45, 2.75) is 38.5 Å². The first-order valence-corrected chi connectivity index (χ1v) is 6.37. The van der Waals surface area contributed by atoms with Crippen molar-refractivity contribution in [1.29, 1.82) is 0 Å². The first-order valence-electron chi connectivity index (χ1n) is 6.37. The van der Waals surface area contributed by atoms with Gasteiger partial charge in [-0.2, -0.15) is 10.3 Å². The topological polar surface area (TPSA) is 67.9 Å². The summed E-state index contributed by atoms with van der Waals surface area (Å²) in [4.78, 5) is 11.7. The van der Waals surface area contributed by atoms with Crippen molar-refractivity contribution in [3.8, 4) is 0 Å². The minimum atomic E-state index is -0.348. The van der Waals surface area contributed by atoms with Crippen molar-refractivity contribution < 1.29 is 9.53 Å². The van der Waals surface area contributed by atoms with E-state index in [2.05, 4.69) is 15.4 Å². The molecule has 3 unspecified atom stereocenters. The van der Waals surface area contributed by atoms with Crippen LogP contribution in [-0.2, 0) is 4.74 Å². The highest BCUT2D eigenvalue weighted by atomic mass is 16.5. The van der Waals surface area contributed by atoms with Gasteiger partial charge >= 0.3 is 5.97 Å². The van der Waals surface area contributed by atoms with Gasteiger partial charge in [0.15, 0.2) is 5.69 Å². The van der Waals surface area contributed by atoms with Gasteiger partial charge in [0.05, 0.1) is 6.61 Å². The number of hydrogen-bond acceptors (Lipinski definition) is 4. The molecule has 1 aromatic heterocycles. The Bertz CT molecular complexity index is 429. The first kappa shape index (κ1) is 10.7. The second-order valence-electron chi connectivity index (χ2n) is 5.06. The molecule has 0 amide bonds. The quantitative estimate of drug-likeness (QED) is 0.812. The lowest BCUT2D eigenvalue weighted by Crippen LogP contribution is -2.15. The molecule has 92 valence electrons. The molecular formula is C12H17N3O2. The number of carbonyl (C=O) groups is 1. The van der Waals surface area contributed by atoms with Gasteiger partial charge < -0.3 is 4.74 Å². The number of aromatic amines is 1. The van der Waals surface area contributed by atoms with Gasteiger partial charge in [-0.25, -0.2) is 4.79 Å². The molecule has 3 atom stereocenters. The van der Waals surface area contributed by atoms with Gasteiger partial charge in [-0.1, -0.05) is 6.42 Å². The zero-order chi connectivity index (χ0) is 11.8. The Morgan fingerprint density at radius 3 is 2.94 bits per heavy atom. The van der Waals surface area contributed by atoms with E-state index in [4.69, 9.17) is 4.74 Å². The number of nitrogens with one attached hydrogen (secondary N) is 1. The Kier molecular flexibility index (Phi) is 2.61. The molecule has 1 N–H and O–H groups in total. The van der Waals surface area contributed by atoms with Crippen LogP contribution >= 0.6 is 0 Å². The summed E-state index contributed by atoms with van der Waals surface area (Å²) in [5.74, 6) is 1.58. The zero-order valence-corrected chi connectivity index (χ0v) is 9.98. The van der Waals surface area contributed by atoms with Crippen LogP contribution in [0.1, 0.15) is 54.7 Å². The number of rotatable bonds is 3. The van der Waals surface area contributed by atoms with Gasteiger partial charge in [0.25, 0.3) is 0 Å². The number of ether oxygens (including phenoxy) is 1. The molecule has 1 aromatic rings. The van der Waals surface area contributed by atoms with Crippen molar-refractivity contribution in [1.82, 2.24) is 15.4 Å². The van der Waals surface area contributed by atoms with E-state index in [1.165, 1.54) is 19.3 Å². The molecule has 0 aliphatic heterocycles. The van der Waals surface area contributed by atoms with E-state index in [0.717, 1.165) is 18.0 Å². The van der Waals surface area contributed by atoms with Gasteiger partial charge in [-0.15, -0.1) is 5.10 Å². The lowest BCUT2D eigenvalue weighted by molar-refractivity contribution is 0.0517. The Morgan fingerprint density at radius 1 is 1.41 bits per heavy atom. The number of esters is 1. The molecule has 0 saturated heterocycles. The van der Waals surface area contributed by atoms with Crippen molar-refractivity contribution in [2.24, 2.45) is 11.8 Å². The lowest BCUT2D eigenvalue weighted by Gasteiger charge is -2.19. The fraction of sp³-hybridized carbons (Fsp3) is 0.750. The highest BCUT2D eigenvalue weighted by molar-refractivity contribution is 5.88. The Labute approximate surface area is 99.9 Å². The first-order chi connectivity index (χ1) is 8.29. The number of hydrogen-bond donors (Lipinski definition) is 1. The van der Waals surface area contributed by atoms with Crippen LogP contribution in [0.5, 0.6) is 0 Å². The molecule has 2 aliphatic carbocycles. The molecule has 3 rings (SSSR count). The predicted molar refractivity (Wildman–Crippen MR) is 60.5 cm³/mol. The van der Waals surface area contributed by atoms with Gasteiger partial charge in [-0.3, -0.25) is 0 Å². The summed E-state index contributed by atoms with van der Waals surface area (Å²) in [5.41, 5.74) is 1.22. The molecule has 1 heterocycles. The Morgan fingerprint density at radius 2 is 2.29 bits per heavy atom. The summed E-state index contributed by atoms with van der Waals surface area (Å²) in [5, 5.41) is 10.7. The van der Waals surface area contributed by atoms with Crippen LogP contribution < -0.4 is 0 Å². The normalized spacial score (nSPS) is 30.8. The Hall–Kier alpha value is -1.39. The SMILES string of the molecule is CCOC(=O)c1n[nH]nc1C1CC2CCC1C2. The largest absolute Gasteiger partial charge is 0.461 e. The van der Waals surface area contributed by atoms with Crippen molar-refractivity contribution >= 4 is 5.97 Å². The maximum atomic E-state index is 11.7. The molecule has 2 saturated carbocycles. The molecule has 5 heteroatoms. The third-order valence-corrected chi connectivity index (χ3v) is 4.13. The minimum Gasteiger partial charge on any atom is -0.461 e. The van der Waals surface area contributed by atoms with Crippen LogP contribution in [0, 0.1) is 11.8 Å². The molecule has 0 radical (unpaired) electrons. The number of H-pyrrole nitrogens is 1. The Balaban J connectivity index is 1.84. The predicted octanol–water partition coefficient (Wildman–Crippen LogP) is 1.89. The number of carbonyl (C=O) groups excluding carboxylic acids is 1. The molecule has 2 fully saturated rings. The maximum Gasteiger partial charge on any atom is 0.360 e. The third-order valence-electron chi connectivity index (χ3n) is 4.13. The van der Waals surface area contributed by atoms with Gasteiger partial charge in [0, 0.05) is 5.92 Å². The van der Waals surface area contributed by atoms with Crippen molar-refractivity contribution in [3.05, 3.63) is 11.4 Å². The van der Waals surface area contributed by atoms with E-state index >= 15 is 0 Å². The third kappa shape index (κ3) is 1.73. The molecule has 2 bridgehead atoms. The highest BCUT2D eigenvalue weighted by Gasteiger charge is 2.43. The fourth-order valence-electron chi connectivity index (χ4n) is 3.43. The maximum absolute atomic E-state index is 11.7. The summed E-state index contributed by atoms with van der Waals surface area (Å²) in [6, 6.07) is 0. The average Bonchev–Trinajstić information content (AvgIpc) is 3.04. The van der Waals surface area contributed by atoms with Gasteiger partial charge in [0.1, 0.15) is 5.69 Å². The smallest absolute Gasteiger partial charge is 0.360 e. The van der Waals surface area contributed by atoms with Crippen LogP contribution in [0.25, 0.3) is 0 Å². The number of nitrogens with zero attached hydrogens (tertiary/aromatic N) is 2. The fourth-order valence-corrected chi connectivity index (χ4v) is 3.43.